The number of aromatic nitrogens is 2. The molecule has 0 aliphatic heterocycles. The van der Waals surface area contributed by atoms with Gasteiger partial charge in [-0.15, -0.1) is 0 Å². The van der Waals surface area contributed by atoms with E-state index in [0.717, 1.165) is 28.8 Å². The highest BCUT2D eigenvalue weighted by Gasteiger charge is 2.08. The summed E-state index contributed by atoms with van der Waals surface area (Å²) in [4.78, 5) is 4.36. The molecular weight excluding hydrogens is 294 g/mol. The molecule has 1 heterocycles. The zero-order valence-electron chi connectivity index (χ0n) is 10.3. The van der Waals surface area contributed by atoms with Gasteiger partial charge in [-0.25, -0.2) is 0 Å². The van der Waals surface area contributed by atoms with Crippen LogP contribution in [0.1, 0.15) is 30.6 Å². The zero-order valence-corrected chi connectivity index (χ0v) is 11.9. The Kier molecular flexibility index (Phi) is 4.90. The molecule has 0 spiro atoms. The lowest BCUT2D eigenvalue weighted by Crippen LogP contribution is -2.13. The molecule has 1 aromatic heterocycles. The summed E-state index contributed by atoms with van der Waals surface area (Å²) in [6, 6.07) is 8.06. The van der Waals surface area contributed by atoms with E-state index in [1.165, 1.54) is 0 Å². The zero-order chi connectivity index (χ0) is 12.8. The molecule has 2 aromatic rings. The van der Waals surface area contributed by atoms with Crippen LogP contribution in [0.4, 0.5) is 0 Å². The van der Waals surface area contributed by atoms with Crippen LogP contribution in [0.5, 0.6) is 0 Å². The van der Waals surface area contributed by atoms with E-state index in [-0.39, 0.29) is 0 Å². The van der Waals surface area contributed by atoms with Gasteiger partial charge in [-0.1, -0.05) is 46.2 Å². The van der Waals surface area contributed by atoms with E-state index >= 15 is 0 Å². The quantitative estimate of drug-likeness (QED) is 0.834. The summed E-state index contributed by atoms with van der Waals surface area (Å²) in [5.74, 6) is 1.36. The lowest BCUT2D eigenvalue weighted by molar-refractivity contribution is 0.363. The van der Waals surface area contributed by atoms with Crippen molar-refractivity contribution in [3.8, 4) is 0 Å². The van der Waals surface area contributed by atoms with Gasteiger partial charge in [-0.2, -0.15) is 4.98 Å². The van der Waals surface area contributed by atoms with Crippen molar-refractivity contribution in [1.82, 2.24) is 15.5 Å². The Morgan fingerprint density at radius 3 is 2.94 bits per heavy atom. The molecule has 0 aliphatic carbocycles. The maximum absolute atomic E-state index is 5.18. The van der Waals surface area contributed by atoms with Crippen LogP contribution in [0, 0.1) is 0 Å². The highest BCUT2D eigenvalue weighted by Crippen LogP contribution is 2.18. The molecule has 0 saturated heterocycles. The monoisotopic (exact) mass is 309 g/mol. The average Bonchev–Trinajstić information content (AvgIpc) is 2.80. The van der Waals surface area contributed by atoms with Crippen molar-refractivity contribution in [3.05, 3.63) is 46.0 Å². The predicted octanol–water partition coefficient (Wildman–Crippen LogP) is 2.92. The van der Waals surface area contributed by atoms with Crippen LogP contribution >= 0.6 is 15.9 Å². The van der Waals surface area contributed by atoms with Gasteiger partial charge in [0.2, 0.25) is 5.89 Å². The largest absolute Gasteiger partial charge is 0.338 e. The second-order valence-electron chi connectivity index (χ2n) is 4.05. The van der Waals surface area contributed by atoms with Gasteiger partial charge < -0.3 is 9.84 Å². The molecule has 0 amide bonds. The standard InChI is InChI=1S/C13H16BrN3O/c1-2-7-15-9-13-16-12(17-18-13)8-10-5-3-4-6-11(10)14/h3-6,15H,2,7-9H2,1H3. The third-order valence-corrected chi connectivity index (χ3v) is 3.29. The van der Waals surface area contributed by atoms with Gasteiger partial charge in [-0.3, -0.25) is 0 Å². The van der Waals surface area contributed by atoms with Crippen LogP contribution in [0.3, 0.4) is 0 Å². The second kappa shape index (κ2) is 6.66. The number of benzene rings is 1. The Morgan fingerprint density at radius 1 is 1.33 bits per heavy atom. The number of hydrogen-bond acceptors (Lipinski definition) is 4. The van der Waals surface area contributed by atoms with E-state index in [2.05, 4.69) is 44.4 Å². The highest BCUT2D eigenvalue weighted by atomic mass is 79.9. The Labute approximate surface area is 115 Å². The van der Waals surface area contributed by atoms with Gasteiger partial charge in [0.25, 0.3) is 0 Å². The summed E-state index contributed by atoms with van der Waals surface area (Å²) < 4.78 is 6.25. The molecule has 18 heavy (non-hydrogen) atoms. The number of halogens is 1. The van der Waals surface area contributed by atoms with E-state index in [4.69, 9.17) is 4.52 Å². The molecule has 0 atom stereocenters. The summed E-state index contributed by atoms with van der Waals surface area (Å²) in [5.41, 5.74) is 1.16. The van der Waals surface area contributed by atoms with Crippen LogP contribution in [-0.4, -0.2) is 16.7 Å². The Hall–Kier alpha value is -1.20. The topological polar surface area (TPSA) is 51.0 Å². The second-order valence-corrected chi connectivity index (χ2v) is 4.90. The van der Waals surface area contributed by atoms with Crippen molar-refractivity contribution in [2.45, 2.75) is 26.3 Å². The number of nitrogens with zero attached hydrogens (tertiary/aromatic N) is 2. The first-order chi connectivity index (χ1) is 8.79. The Morgan fingerprint density at radius 2 is 2.17 bits per heavy atom. The molecule has 0 radical (unpaired) electrons. The fraction of sp³-hybridized carbons (Fsp3) is 0.385. The molecule has 5 heteroatoms. The van der Waals surface area contributed by atoms with Gasteiger partial charge in [0.15, 0.2) is 5.82 Å². The van der Waals surface area contributed by atoms with Crippen LogP contribution in [0.15, 0.2) is 33.3 Å². The predicted molar refractivity (Wildman–Crippen MR) is 73.2 cm³/mol. The molecular formula is C13H16BrN3O. The van der Waals surface area contributed by atoms with E-state index in [1.807, 2.05) is 18.2 Å². The summed E-state index contributed by atoms with van der Waals surface area (Å²) >= 11 is 3.51. The third kappa shape index (κ3) is 3.65. The number of rotatable bonds is 6. The van der Waals surface area contributed by atoms with Crippen LogP contribution in [0.2, 0.25) is 0 Å². The van der Waals surface area contributed by atoms with Gasteiger partial charge in [-0.05, 0) is 24.6 Å². The van der Waals surface area contributed by atoms with Crippen LogP contribution in [0.25, 0.3) is 0 Å². The molecule has 0 saturated carbocycles. The van der Waals surface area contributed by atoms with E-state index in [9.17, 15) is 0 Å². The molecule has 4 nitrogen and oxygen atoms in total. The van der Waals surface area contributed by atoms with Gasteiger partial charge >= 0.3 is 0 Å². The van der Waals surface area contributed by atoms with Crippen molar-refractivity contribution in [3.63, 3.8) is 0 Å². The summed E-state index contributed by atoms with van der Waals surface area (Å²) in [6.45, 7) is 3.72. The van der Waals surface area contributed by atoms with E-state index in [1.54, 1.807) is 0 Å². The Balaban J connectivity index is 1.96. The average molecular weight is 310 g/mol. The molecule has 1 aromatic carbocycles. The maximum Gasteiger partial charge on any atom is 0.240 e. The fourth-order valence-electron chi connectivity index (χ4n) is 1.62. The molecule has 96 valence electrons. The van der Waals surface area contributed by atoms with Crippen molar-refractivity contribution >= 4 is 15.9 Å². The molecule has 1 N–H and O–H groups in total. The van der Waals surface area contributed by atoms with Crippen molar-refractivity contribution in [2.75, 3.05) is 6.54 Å². The SMILES string of the molecule is CCCNCc1nc(Cc2ccccc2Br)no1. The van der Waals surface area contributed by atoms with Crippen molar-refractivity contribution < 1.29 is 4.52 Å². The first-order valence-electron chi connectivity index (χ1n) is 6.05. The fourth-order valence-corrected chi connectivity index (χ4v) is 2.04. The minimum atomic E-state index is 0.636. The van der Waals surface area contributed by atoms with Crippen LogP contribution in [-0.2, 0) is 13.0 Å². The van der Waals surface area contributed by atoms with E-state index < -0.39 is 0 Å². The molecule has 0 aliphatic rings. The Bertz CT molecular complexity index is 498. The van der Waals surface area contributed by atoms with Gasteiger partial charge in [0.05, 0.1) is 6.54 Å². The summed E-state index contributed by atoms with van der Waals surface area (Å²) in [7, 11) is 0. The van der Waals surface area contributed by atoms with E-state index in [0.29, 0.717) is 18.9 Å². The first-order valence-corrected chi connectivity index (χ1v) is 6.84. The minimum Gasteiger partial charge on any atom is -0.338 e. The minimum absolute atomic E-state index is 0.636. The normalized spacial score (nSPS) is 10.8. The molecule has 0 bridgehead atoms. The van der Waals surface area contributed by atoms with Gasteiger partial charge in [0.1, 0.15) is 0 Å². The van der Waals surface area contributed by atoms with Crippen LogP contribution < -0.4 is 5.32 Å². The lowest BCUT2D eigenvalue weighted by atomic mass is 10.1. The molecule has 0 unspecified atom stereocenters. The van der Waals surface area contributed by atoms with Crippen molar-refractivity contribution in [1.29, 1.82) is 0 Å². The molecule has 2 rings (SSSR count). The number of hydrogen-bond donors (Lipinski definition) is 1. The maximum atomic E-state index is 5.18. The van der Waals surface area contributed by atoms with Crippen molar-refractivity contribution in [2.24, 2.45) is 0 Å². The number of nitrogens with one attached hydrogen (secondary N) is 1. The summed E-state index contributed by atoms with van der Waals surface area (Å²) in [6.07, 6.45) is 1.77. The highest BCUT2D eigenvalue weighted by molar-refractivity contribution is 9.10. The lowest BCUT2D eigenvalue weighted by Gasteiger charge is -1.99. The first kappa shape index (κ1) is 13.2. The van der Waals surface area contributed by atoms with Gasteiger partial charge in [0, 0.05) is 10.9 Å². The summed E-state index contributed by atoms with van der Waals surface area (Å²) in [5, 5.41) is 7.22. The molecule has 0 fully saturated rings. The third-order valence-electron chi connectivity index (χ3n) is 2.52. The smallest absolute Gasteiger partial charge is 0.240 e.